The van der Waals surface area contributed by atoms with Crippen molar-refractivity contribution in [3.8, 4) is 5.75 Å². The Balaban J connectivity index is 1.53. The Hall–Kier alpha value is -3.04. The van der Waals surface area contributed by atoms with Gasteiger partial charge < -0.3 is 14.8 Å². The van der Waals surface area contributed by atoms with Crippen LogP contribution in [0.1, 0.15) is 26.6 Å². The van der Waals surface area contributed by atoms with Gasteiger partial charge in [-0.1, -0.05) is 24.3 Å². The summed E-state index contributed by atoms with van der Waals surface area (Å²) in [5, 5.41) is 5.18. The van der Waals surface area contributed by atoms with Crippen LogP contribution in [0.15, 0.2) is 53.9 Å². The lowest BCUT2D eigenvalue weighted by molar-refractivity contribution is -0.115. The van der Waals surface area contributed by atoms with Crippen LogP contribution in [0.25, 0.3) is 0 Å². The number of rotatable bonds is 9. The lowest BCUT2D eigenvalue weighted by Crippen LogP contribution is -2.15. The minimum absolute atomic E-state index is 0.00734. The quantitative estimate of drug-likeness (QED) is 0.493. The number of para-hydroxylation sites is 2. The first-order valence-electron chi connectivity index (χ1n) is 9.37. The maximum Gasteiger partial charge on any atom is 0.338 e. The number of thiazole rings is 1. The first-order chi connectivity index (χ1) is 14.9. The third-order valence-corrected chi connectivity index (χ3v) is 5.81. The van der Waals surface area contributed by atoms with Gasteiger partial charge in [-0.3, -0.25) is 9.00 Å². The second-order valence-electron chi connectivity index (χ2n) is 6.65. The molecule has 1 N–H and O–H groups in total. The number of benzene rings is 2. The molecule has 162 valence electrons. The standard InChI is InChI=1S/C22H22N2O5S2/c1-28-19-9-4-3-8-18(19)24-20(25)11-21-23-17(13-30-21)12-29-22(26)16-7-5-6-15(10-16)14-31(2)27/h3-10,13H,11-12,14H2,1-2H3,(H,24,25). The Morgan fingerprint density at radius 2 is 1.97 bits per heavy atom. The summed E-state index contributed by atoms with van der Waals surface area (Å²) in [5.41, 5.74) is 2.38. The molecule has 2 aromatic carbocycles. The van der Waals surface area contributed by atoms with Gasteiger partial charge in [0.05, 0.1) is 30.5 Å². The van der Waals surface area contributed by atoms with Gasteiger partial charge in [-0.2, -0.15) is 0 Å². The number of carbonyl (C=O) groups is 2. The number of amides is 1. The molecule has 0 aliphatic rings. The molecule has 0 bridgehead atoms. The van der Waals surface area contributed by atoms with Gasteiger partial charge >= 0.3 is 5.97 Å². The van der Waals surface area contributed by atoms with E-state index in [9.17, 15) is 13.8 Å². The van der Waals surface area contributed by atoms with Crippen molar-refractivity contribution in [2.75, 3.05) is 18.7 Å². The summed E-state index contributed by atoms with van der Waals surface area (Å²) in [4.78, 5) is 29.0. The molecule has 1 amide bonds. The molecule has 0 saturated carbocycles. The van der Waals surface area contributed by atoms with Gasteiger partial charge in [0.15, 0.2) is 0 Å². The Morgan fingerprint density at radius 3 is 2.74 bits per heavy atom. The molecule has 1 atom stereocenters. The molecule has 3 aromatic rings. The molecule has 0 saturated heterocycles. The van der Waals surface area contributed by atoms with Crippen LogP contribution in [0.3, 0.4) is 0 Å². The van der Waals surface area contributed by atoms with Gasteiger partial charge in [-0.15, -0.1) is 11.3 Å². The van der Waals surface area contributed by atoms with Crippen molar-refractivity contribution < 1.29 is 23.3 Å². The fraction of sp³-hybridized carbons (Fsp3) is 0.227. The zero-order valence-electron chi connectivity index (χ0n) is 17.1. The van der Waals surface area contributed by atoms with E-state index in [1.807, 2.05) is 18.2 Å². The van der Waals surface area contributed by atoms with Crippen LogP contribution in [0.5, 0.6) is 5.75 Å². The normalized spacial score (nSPS) is 11.5. The van der Waals surface area contributed by atoms with Crippen molar-refractivity contribution in [2.45, 2.75) is 18.8 Å². The number of aromatic nitrogens is 1. The zero-order chi connectivity index (χ0) is 22.2. The van der Waals surface area contributed by atoms with Crippen molar-refractivity contribution in [2.24, 2.45) is 0 Å². The van der Waals surface area contributed by atoms with Gasteiger partial charge in [0.25, 0.3) is 0 Å². The number of anilines is 1. The van der Waals surface area contributed by atoms with Crippen molar-refractivity contribution in [3.05, 3.63) is 75.7 Å². The van der Waals surface area contributed by atoms with E-state index in [-0.39, 0.29) is 18.9 Å². The average molecular weight is 459 g/mol. The SMILES string of the molecule is COc1ccccc1NC(=O)Cc1nc(COC(=O)c2cccc(CS(C)=O)c2)cs1. The number of carbonyl (C=O) groups excluding carboxylic acids is 2. The highest BCUT2D eigenvalue weighted by Gasteiger charge is 2.13. The van der Waals surface area contributed by atoms with E-state index in [0.29, 0.717) is 33.5 Å². The second kappa shape index (κ2) is 10.8. The summed E-state index contributed by atoms with van der Waals surface area (Å²) in [6.07, 6.45) is 1.72. The fourth-order valence-electron chi connectivity index (χ4n) is 2.82. The van der Waals surface area contributed by atoms with Crippen LogP contribution < -0.4 is 10.1 Å². The largest absolute Gasteiger partial charge is 0.495 e. The van der Waals surface area contributed by atoms with E-state index in [1.165, 1.54) is 11.3 Å². The first-order valence-corrected chi connectivity index (χ1v) is 12.0. The number of ether oxygens (including phenoxy) is 2. The predicted octanol–water partition coefficient (Wildman–Crippen LogP) is 3.57. The van der Waals surface area contributed by atoms with Gasteiger partial charge in [0, 0.05) is 28.2 Å². The average Bonchev–Trinajstić information content (AvgIpc) is 3.19. The number of esters is 1. The molecule has 0 fully saturated rings. The molecular formula is C22H22N2O5S2. The van der Waals surface area contributed by atoms with Crippen molar-refractivity contribution >= 4 is 39.7 Å². The minimum Gasteiger partial charge on any atom is -0.495 e. The molecule has 0 aliphatic heterocycles. The molecule has 1 aromatic heterocycles. The number of nitrogens with zero attached hydrogens (tertiary/aromatic N) is 1. The van der Waals surface area contributed by atoms with E-state index in [4.69, 9.17) is 9.47 Å². The van der Waals surface area contributed by atoms with E-state index in [1.54, 1.807) is 49.1 Å². The number of nitrogens with one attached hydrogen (secondary N) is 1. The van der Waals surface area contributed by atoms with Gasteiger partial charge in [-0.25, -0.2) is 9.78 Å². The van der Waals surface area contributed by atoms with Crippen LogP contribution in [0.4, 0.5) is 5.69 Å². The maximum absolute atomic E-state index is 12.3. The second-order valence-corrected chi connectivity index (χ2v) is 9.03. The van der Waals surface area contributed by atoms with Crippen LogP contribution in [0, 0.1) is 0 Å². The Bertz CT molecular complexity index is 1100. The summed E-state index contributed by atoms with van der Waals surface area (Å²) in [6, 6.07) is 14.0. The molecular weight excluding hydrogens is 436 g/mol. The fourth-order valence-corrected chi connectivity index (χ4v) is 4.25. The summed E-state index contributed by atoms with van der Waals surface area (Å²) in [6.45, 7) is 0.00734. The molecule has 0 aliphatic carbocycles. The van der Waals surface area contributed by atoms with Crippen molar-refractivity contribution in [1.82, 2.24) is 4.98 Å². The van der Waals surface area contributed by atoms with Crippen LogP contribution in [0.2, 0.25) is 0 Å². The number of hydrogen-bond acceptors (Lipinski definition) is 7. The van der Waals surface area contributed by atoms with E-state index >= 15 is 0 Å². The van der Waals surface area contributed by atoms with Crippen LogP contribution in [-0.4, -0.2) is 34.4 Å². The van der Waals surface area contributed by atoms with Crippen LogP contribution >= 0.6 is 11.3 Å². The highest BCUT2D eigenvalue weighted by Crippen LogP contribution is 2.23. The minimum atomic E-state index is -0.989. The van der Waals surface area contributed by atoms with E-state index in [0.717, 1.165) is 5.56 Å². The highest BCUT2D eigenvalue weighted by molar-refractivity contribution is 7.83. The molecule has 1 heterocycles. The van der Waals surface area contributed by atoms with E-state index in [2.05, 4.69) is 10.3 Å². The zero-order valence-corrected chi connectivity index (χ0v) is 18.8. The molecule has 7 nitrogen and oxygen atoms in total. The third kappa shape index (κ3) is 6.73. The maximum atomic E-state index is 12.3. The number of methoxy groups -OCH3 is 1. The summed E-state index contributed by atoms with van der Waals surface area (Å²) in [7, 11) is 0.553. The molecule has 0 spiro atoms. The monoisotopic (exact) mass is 458 g/mol. The van der Waals surface area contributed by atoms with Gasteiger partial charge in [0.1, 0.15) is 17.4 Å². The van der Waals surface area contributed by atoms with E-state index < -0.39 is 16.8 Å². The molecule has 3 rings (SSSR count). The lowest BCUT2D eigenvalue weighted by atomic mass is 10.1. The Labute approximate surface area is 186 Å². The molecule has 9 heteroatoms. The Kier molecular flexibility index (Phi) is 7.91. The van der Waals surface area contributed by atoms with Gasteiger partial charge in [0.2, 0.25) is 5.91 Å². The van der Waals surface area contributed by atoms with Crippen molar-refractivity contribution in [3.63, 3.8) is 0 Å². The summed E-state index contributed by atoms with van der Waals surface area (Å²) in [5.74, 6) is 0.268. The predicted molar refractivity (Wildman–Crippen MR) is 121 cm³/mol. The van der Waals surface area contributed by atoms with Crippen LogP contribution in [-0.2, 0) is 39.1 Å². The topological polar surface area (TPSA) is 94.6 Å². The first kappa shape index (κ1) is 22.6. The van der Waals surface area contributed by atoms with Gasteiger partial charge in [-0.05, 0) is 29.8 Å². The molecule has 0 radical (unpaired) electrons. The molecule has 31 heavy (non-hydrogen) atoms. The van der Waals surface area contributed by atoms with Crippen molar-refractivity contribution in [1.29, 1.82) is 0 Å². The number of hydrogen-bond donors (Lipinski definition) is 1. The highest BCUT2D eigenvalue weighted by atomic mass is 32.2. The lowest BCUT2D eigenvalue weighted by Gasteiger charge is -2.08. The summed E-state index contributed by atoms with van der Waals surface area (Å²) < 4.78 is 21.9. The summed E-state index contributed by atoms with van der Waals surface area (Å²) >= 11 is 1.33. The third-order valence-electron chi connectivity index (χ3n) is 4.18. The Morgan fingerprint density at radius 1 is 1.16 bits per heavy atom. The molecule has 1 unspecified atom stereocenters. The smallest absolute Gasteiger partial charge is 0.338 e.